The predicted octanol–water partition coefficient (Wildman–Crippen LogP) is 3.36. The number of amides is 1. The van der Waals surface area contributed by atoms with Crippen LogP contribution in [-0.2, 0) is 4.79 Å². The number of nitrogens with zero attached hydrogens (tertiary/aromatic N) is 2. The number of hydrogen-bond acceptors (Lipinski definition) is 3. The lowest BCUT2D eigenvalue weighted by Gasteiger charge is -2.17. The molecule has 0 spiro atoms. The van der Waals surface area contributed by atoms with Gasteiger partial charge in [0.2, 0.25) is 5.91 Å². The van der Waals surface area contributed by atoms with Crippen LogP contribution in [0.25, 0.3) is 5.69 Å². The van der Waals surface area contributed by atoms with Gasteiger partial charge in [0.25, 0.3) is 0 Å². The first-order valence-electron chi connectivity index (χ1n) is 8.33. The molecule has 0 unspecified atom stereocenters. The zero-order valence-corrected chi connectivity index (χ0v) is 15.3. The van der Waals surface area contributed by atoms with Gasteiger partial charge in [0.15, 0.2) is 5.82 Å². The molecule has 1 aromatic heterocycles. The van der Waals surface area contributed by atoms with Crippen LogP contribution in [0.2, 0.25) is 0 Å². The first kappa shape index (κ1) is 19.4. The Morgan fingerprint density at radius 1 is 1.36 bits per heavy atom. The Kier molecular flexibility index (Phi) is 6.19. The summed E-state index contributed by atoms with van der Waals surface area (Å²) in [6.45, 7) is 4.26. The third-order valence-electron chi connectivity index (χ3n) is 4.75. The van der Waals surface area contributed by atoms with Gasteiger partial charge in [-0.25, -0.2) is 9.07 Å². The van der Waals surface area contributed by atoms with Crippen LogP contribution in [0, 0.1) is 31.5 Å². The lowest BCUT2D eigenvalue weighted by Crippen LogP contribution is -2.29. The van der Waals surface area contributed by atoms with E-state index in [2.05, 4.69) is 10.4 Å². The molecule has 1 heterocycles. The molecular weight excluding hydrogens is 343 g/mol. The maximum absolute atomic E-state index is 14.5. The highest BCUT2D eigenvalue weighted by atomic mass is 35.5. The molecule has 3 rings (SSSR count). The maximum Gasteiger partial charge on any atom is 0.227 e. The van der Waals surface area contributed by atoms with Crippen molar-refractivity contribution in [1.29, 1.82) is 0 Å². The van der Waals surface area contributed by atoms with E-state index in [1.807, 2.05) is 19.9 Å². The van der Waals surface area contributed by atoms with Crippen LogP contribution in [0.15, 0.2) is 24.3 Å². The van der Waals surface area contributed by atoms with Gasteiger partial charge in [-0.2, -0.15) is 5.10 Å². The SMILES string of the molecule is Cc1cc(C)n(-c2ccc(NC(=O)[C@@H]3CCC[C@@H]3CN)cc2F)n1.Cl. The highest BCUT2D eigenvalue weighted by molar-refractivity contribution is 5.93. The fourth-order valence-electron chi connectivity index (χ4n) is 3.53. The number of benzene rings is 1. The molecule has 3 N–H and O–H groups in total. The summed E-state index contributed by atoms with van der Waals surface area (Å²) in [7, 11) is 0. The maximum atomic E-state index is 14.5. The van der Waals surface area contributed by atoms with E-state index in [9.17, 15) is 9.18 Å². The number of hydrogen-bond donors (Lipinski definition) is 2. The molecule has 136 valence electrons. The van der Waals surface area contributed by atoms with Crippen molar-refractivity contribution >= 4 is 24.0 Å². The van der Waals surface area contributed by atoms with Crippen molar-refractivity contribution in [2.24, 2.45) is 17.6 Å². The van der Waals surface area contributed by atoms with E-state index in [-0.39, 0.29) is 30.2 Å². The van der Waals surface area contributed by atoms with E-state index in [0.29, 0.717) is 17.9 Å². The normalized spacial score (nSPS) is 19.5. The number of nitrogens with one attached hydrogen (secondary N) is 1. The predicted molar refractivity (Wildman–Crippen MR) is 98.8 cm³/mol. The number of aromatic nitrogens is 2. The van der Waals surface area contributed by atoms with E-state index >= 15 is 0 Å². The van der Waals surface area contributed by atoms with Gasteiger partial charge in [-0.15, -0.1) is 12.4 Å². The summed E-state index contributed by atoms with van der Waals surface area (Å²) in [5.41, 5.74) is 8.26. The second kappa shape index (κ2) is 7.97. The molecule has 5 nitrogen and oxygen atoms in total. The summed E-state index contributed by atoms with van der Waals surface area (Å²) in [6.07, 6.45) is 2.85. The van der Waals surface area contributed by atoms with E-state index in [1.165, 1.54) is 6.07 Å². The van der Waals surface area contributed by atoms with Crippen molar-refractivity contribution in [2.45, 2.75) is 33.1 Å². The molecule has 0 radical (unpaired) electrons. The molecule has 1 saturated carbocycles. The Morgan fingerprint density at radius 3 is 2.72 bits per heavy atom. The largest absolute Gasteiger partial charge is 0.330 e. The van der Waals surface area contributed by atoms with Gasteiger partial charge in [0.1, 0.15) is 5.69 Å². The van der Waals surface area contributed by atoms with Crippen molar-refractivity contribution in [2.75, 3.05) is 11.9 Å². The zero-order valence-electron chi connectivity index (χ0n) is 14.5. The van der Waals surface area contributed by atoms with Crippen molar-refractivity contribution in [1.82, 2.24) is 9.78 Å². The third kappa shape index (κ3) is 4.02. The Morgan fingerprint density at radius 2 is 2.12 bits per heavy atom. The summed E-state index contributed by atoms with van der Waals surface area (Å²) in [5, 5.41) is 7.11. The molecule has 7 heteroatoms. The standard InChI is InChI=1S/C18H23FN4O.ClH/c1-11-8-12(2)23(22-11)17-7-6-14(9-16(17)19)21-18(24)15-5-3-4-13(15)10-20;/h6-9,13,15H,3-5,10,20H2,1-2H3,(H,21,24);1H/t13-,15-;/m1./s1. The highest BCUT2D eigenvalue weighted by Gasteiger charge is 2.31. The lowest BCUT2D eigenvalue weighted by molar-refractivity contribution is -0.120. The van der Waals surface area contributed by atoms with Gasteiger partial charge in [-0.05, 0) is 63.4 Å². The Hall–Kier alpha value is -1.92. The first-order valence-corrected chi connectivity index (χ1v) is 8.33. The summed E-state index contributed by atoms with van der Waals surface area (Å²) in [4.78, 5) is 12.4. The summed E-state index contributed by atoms with van der Waals surface area (Å²) in [5.74, 6) is -0.334. The second-order valence-corrected chi connectivity index (χ2v) is 6.53. The van der Waals surface area contributed by atoms with Gasteiger partial charge < -0.3 is 11.1 Å². The molecule has 1 aliphatic carbocycles. The number of carbonyl (C=O) groups is 1. The van der Waals surface area contributed by atoms with Crippen LogP contribution < -0.4 is 11.1 Å². The molecule has 0 bridgehead atoms. The molecule has 1 fully saturated rings. The average molecular weight is 367 g/mol. The van der Waals surface area contributed by atoms with Crippen LogP contribution in [0.5, 0.6) is 0 Å². The average Bonchev–Trinajstić information content (AvgIpc) is 3.13. The van der Waals surface area contributed by atoms with Gasteiger partial charge in [-0.1, -0.05) is 6.42 Å². The lowest BCUT2D eigenvalue weighted by atomic mass is 9.95. The Labute approximate surface area is 153 Å². The summed E-state index contributed by atoms with van der Waals surface area (Å²) >= 11 is 0. The van der Waals surface area contributed by atoms with E-state index in [0.717, 1.165) is 30.7 Å². The van der Waals surface area contributed by atoms with E-state index < -0.39 is 5.82 Å². The smallest absolute Gasteiger partial charge is 0.227 e. The number of carbonyl (C=O) groups excluding carboxylic acids is 1. The van der Waals surface area contributed by atoms with Crippen LogP contribution in [0.3, 0.4) is 0 Å². The molecule has 2 aromatic rings. The monoisotopic (exact) mass is 366 g/mol. The molecular formula is C18H24ClFN4O. The molecule has 1 amide bonds. The number of rotatable bonds is 4. The Bertz CT molecular complexity index is 762. The zero-order chi connectivity index (χ0) is 17.3. The highest BCUT2D eigenvalue weighted by Crippen LogP contribution is 2.32. The quantitative estimate of drug-likeness (QED) is 0.871. The van der Waals surface area contributed by atoms with Gasteiger partial charge in [-0.3, -0.25) is 4.79 Å². The number of anilines is 1. The van der Waals surface area contributed by atoms with Crippen molar-refractivity contribution in [3.63, 3.8) is 0 Å². The molecule has 1 aliphatic rings. The minimum atomic E-state index is -0.416. The number of nitrogens with two attached hydrogens (primary N) is 1. The van der Waals surface area contributed by atoms with Crippen molar-refractivity contribution in [3.05, 3.63) is 41.5 Å². The fraction of sp³-hybridized carbons (Fsp3) is 0.444. The molecule has 1 aromatic carbocycles. The number of halogens is 2. The van der Waals surface area contributed by atoms with Gasteiger partial charge in [0.05, 0.1) is 5.69 Å². The van der Waals surface area contributed by atoms with E-state index in [4.69, 9.17) is 5.73 Å². The molecule has 0 saturated heterocycles. The topological polar surface area (TPSA) is 72.9 Å². The van der Waals surface area contributed by atoms with Crippen LogP contribution in [0.1, 0.15) is 30.7 Å². The number of aryl methyl sites for hydroxylation is 2. The summed E-state index contributed by atoms with van der Waals surface area (Å²) < 4.78 is 16.0. The van der Waals surface area contributed by atoms with E-state index in [1.54, 1.807) is 16.8 Å². The van der Waals surface area contributed by atoms with Crippen LogP contribution in [-0.4, -0.2) is 22.2 Å². The third-order valence-corrected chi connectivity index (χ3v) is 4.75. The molecule has 2 atom stereocenters. The minimum Gasteiger partial charge on any atom is -0.330 e. The van der Waals surface area contributed by atoms with Crippen molar-refractivity contribution < 1.29 is 9.18 Å². The molecule has 25 heavy (non-hydrogen) atoms. The van der Waals surface area contributed by atoms with Gasteiger partial charge in [0, 0.05) is 17.3 Å². The first-order chi connectivity index (χ1) is 11.5. The second-order valence-electron chi connectivity index (χ2n) is 6.53. The Balaban J connectivity index is 0.00000225. The van der Waals surface area contributed by atoms with Crippen LogP contribution in [0.4, 0.5) is 10.1 Å². The van der Waals surface area contributed by atoms with Crippen LogP contribution >= 0.6 is 12.4 Å². The van der Waals surface area contributed by atoms with Crippen molar-refractivity contribution in [3.8, 4) is 5.69 Å². The molecule has 0 aliphatic heterocycles. The minimum absolute atomic E-state index is 0. The fourth-order valence-corrected chi connectivity index (χ4v) is 3.53. The van der Waals surface area contributed by atoms with Gasteiger partial charge >= 0.3 is 0 Å². The summed E-state index contributed by atoms with van der Waals surface area (Å²) in [6, 6.07) is 6.58.